The van der Waals surface area contributed by atoms with E-state index in [2.05, 4.69) is 4.98 Å². The molecule has 1 N–H and O–H groups in total. The van der Waals surface area contributed by atoms with Gasteiger partial charge in [0.15, 0.2) is 11.5 Å². The number of aromatic nitrogens is 1. The zero-order valence-electron chi connectivity index (χ0n) is 15.7. The van der Waals surface area contributed by atoms with E-state index in [-0.39, 0.29) is 12.3 Å². The maximum atomic E-state index is 13.2. The molecule has 27 heavy (non-hydrogen) atoms. The number of amides is 1. The summed E-state index contributed by atoms with van der Waals surface area (Å²) in [4.78, 5) is 31.2. The largest absolute Gasteiger partial charge is 0.493 e. The second-order valence-electron chi connectivity index (χ2n) is 6.42. The molecule has 7 nitrogen and oxygen atoms in total. The fraction of sp³-hybridized carbons (Fsp3) is 0.421. The summed E-state index contributed by atoms with van der Waals surface area (Å²) in [7, 11) is 3.10. The lowest BCUT2D eigenvalue weighted by Gasteiger charge is -2.37. The number of methoxy groups -OCH3 is 2. The summed E-state index contributed by atoms with van der Waals surface area (Å²) >= 11 is 1.34. The van der Waals surface area contributed by atoms with Crippen LogP contribution in [0.3, 0.4) is 0 Å². The molecule has 8 heteroatoms. The first-order valence-electron chi connectivity index (χ1n) is 8.57. The average Bonchev–Trinajstić information content (AvgIpc) is 2.98. The van der Waals surface area contributed by atoms with E-state index >= 15 is 0 Å². The Bertz CT molecular complexity index is 892. The van der Waals surface area contributed by atoms with Crippen molar-refractivity contribution < 1.29 is 24.2 Å². The number of carboxylic acids is 1. The van der Waals surface area contributed by atoms with Gasteiger partial charge in [0.25, 0.3) is 5.91 Å². The molecule has 0 radical (unpaired) electrons. The standard InChI is InChI=1S/C19H22N2O5S/c1-10-18(27-11(2)20-10)19(24)21-6-5-12-7-15(25-3)16(26-4)8-13(12)14(21)9-17(22)23/h7-8,14H,5-6,9H2,1-4H3,(H,22,23)/t14-/m0/s1. The number of carboxylic acid groups (broad SMARTS) is 1. The van der Waals surface area contributed by atoms with E-state index in [4.69, 9.17) is 9.47 Å². The molecule has 1 aromatic carbocycles. The molecule has 0 saturated carbocycles. The maximum absolute atomic E-state index is 13.2. The SMILES string of the molecule is COc1cc2c(cc1OC)[C@H](CC(=O)O)N(C(=O)c1sc(C)nc1C)CC2. The smallest absolute Gasteiger partial charge is 0.305 e. The van der Waals surface area contributed by atoms with Gasteiger partial charge in [0, 0.05) is 6.54 Å². The van der Waals surface area contributed by atoms with Crippen LogP contribution >= 0.6 is 11.3 Å². The van der Waals surface area contributed by atoms with Crippen LogP contribution < -0.4 is 9.47 Å². The van der Waals surface area contributed by atoms with Gasteiger partial charge in [0.1, 0.15) is 4.88 Å². The molecular weight excluding hydrogens is 368 g/mol. The minimum Gasteiger partial charge on any atom is -0.493 e. The van der Waals surface area contributed by atoms with Gasteiger partial charge in [-0.2, -0.15) is 0 Å². The number of thiazole rings is 1. The van der Waals surface area contributed by atoms with Crippen LogP contribution in [0.1, 0.15) is 44.0 Å². The summed E-state index contributed by atoms with van der Waals surface area (Å²) in [6.45, 7) is 4.09. The Kier molecular flexibility index (Phi) is 5.36. The predicted molar refractivity (Wildman–Crippen MR) is 101 cm³/mol. The van der Waals surface area contributed by atoms with E-state index in [0.717, 1.165) is 16.1 Å². The van der Waals surface area contributed by atoms with Gasteiger partial charge in [0.2, 0.25) is 0 Å². The number of fused-ring (bicyclic) bond motifs is 1. The number of hydrogen-bond acceptors (Lipinski definition) is 6. The van der Waals surface area contributed by atoms with Gasteiger partial charge in [0.05, 0.1) is 37.4 Å². The lowest BCUT2D eigenvalue weighted by molar-refractivity contribution is -0.138. The van der Waals surface area contributed by atoms with Gasteiger partial charge in [-0.25, -0.2) is 4.98 Å². The Morgan fingerprint density at radius 1 is 1.26 bits per heavy atom. The number of benzene rings is 1. The van der Waals surface area contributed by atoms with Crippen LogP contribution in [0.2, 0.25) is 0 Å². The van der Waals surface area contributed by atoms with Crippen molar-refractivity contribution in [2.45, 2.75) is 32.7 Å². The van der Waals surface area contributed by atoms with Crippen LogP contribution in [0.15, 0.2) is 12.1 Å². The van der Waals surface area contributed by atoms with Gasteiger partial charge >= 0.3 is 5.97 Å². The first-order chi connectivity index (χ1) is 12.8. The molecule has 1 atom stereocenters. The molecule has 144 valence electrons. The highest BCUT2D eigenvalue weighted by Crippen LogP contribution is 2.40. The first-order valence-corrected chi connectivity index (χ1v) is 9.39. The molecule has 0 bridgehead atoms. The molecule has 1 aromatic heterocycles. The van der Waals surface area contributed by atoms with Gasteiger partial charge < -0.3 is 19.5 Å². The number of rotatable bonds is 5. The molecule has 1 amide bonds. The van der Waals surface area contributed by atoms with E-state index < -0.39 is 12.0 Å². The topological polar surface area (TPSA) is 89.0 Å². The van der Waals surface area contributed by atoms with Crippen LogP contribution in [0.25, 0.3) is 0 Å². The Hall–Kier alpha value is -2.61. The number of carbonyl (C=O) groups excluding carboxylic acids is 1. The lowest BCUT2D eigenvalue weighted by Crippen LogP contribution is -2.41. The fourth-order valence-corrected chi connectivity index (χ4v) is 4.39. The summed E-state index contributed by atoms with van der Waals surface area (Å²) in [5.74, 6) is -0.0211. The fourth-order valence-electron chi connectivity index (χ4n) is 3.52. The van der Waals surface area contributed by atoms with Crippen molar-refractivity contribution in [2.75, 3.05) is 20.8 Å². The van der Waals surface area contributed by atoms with E-state index in [9.17, 15) is 14.7 Å². The molecule has 0 spiro atoms. The van der Waals surface area contributed by atoms with Crippen molar-refractivity contribution in [1.82, 2.24) is 9.88 Å². The normalized spacial score (nSPS) is 16.0. The number of ether oxygens (including phenoxy) is 2. The third-order valence-corrected chi connectivity index (χ3v) is 5.79. The summed E-state index contributed by atoms with van der Waals surface area (Å²) in [5, 5.41) is 10.3. The van der Waals surface area contributed by atoms with Crippen LogP contribution in [0.5, 0.6) is 11.5 Å². The van der Waals surface area contributed by atoms with Gasteiger partial charge in [-0.1, -0.05) is 0 Å². The summed E-state index contributed by atoms with van der Waals surface area (Å²) in [6.07, 6.45) is 0.444. The third kappa shape index (κ3) is 3.62. The molecule has 0 saturated heterocycles. The Morgan fingerprint density at radius 2 is 1.93 bits per heavy atom. The molecule has 0 unspecified atom stereocenters. The third-order valence-electron chi connectivity index (χ3n) is 4.73. The second kappa shape index (κ2) is 7.56. The van der Waals surface area contributed by atoms with Crippen molar-refractivity contribution in [2.24, 2.45) is 0 Å². The molecule has 2 aromatic rings. The van der Waals surface area contributed by atoms with Gasteiger partial charge in [-0.3, -0.25) is 9.59 Å². The number of carbonyl (C=O) groups is 2. The average molecular weight is 390 g/mol. The number of nitrogens with zero attached hydrogens (tertiary/aromatic N) is 2. The number of aryl methyl sites for hydroxylation is 2. The molecule has 2 heterocycles. The van der Waals surface area contributed by atoms with Crippen molar-refractivity contribution >= 4 is 23.2 Å². The highest BCUT2D eigenvalue weighted by atomic mass is 32.1. The lowest BCUT2D eigenvalue weighted by atomic mass is 9.89. The van der Waals surface area contributed by atoms with E-state index in [1.807, 2.05) is 13.0 Å². The molecule has 1 aliphatic rings. The minimum absolute atomic E-state index is 0.176. The quantitative estimate of drug-likeness (QED) is 0.844. The van der Waals surface area contributed by atoms with Crippen LogP contribution in [-0.4, -0.2) is 47.6 Å². The molecule has 3 rings (SSSR count). The Labute approximate surface area is 161 Å². The summed E-state index contributed by atoms with van der Waals surface area (Å²) in [5.41, 5.74) is 2.43. The van der Waals surface area contributed by atoms with E-state index in [1.165, 1.54) is 18.4 Å². The predicted octanol–water partition coefficient (Wildman–Crippen LogP) is 2.99. The van der Waals surface area contributed by atoms with E-state index in [1.54, 1.807) is 25.0 Å². The molecule has 1 aliphatic heterocycles. The van der Waals surface area contributed by atoms with Crippen molar-refractivity contribution in [3.8, 4) is 11.5 Å². The number of aliphatic carboxylic acids is 1. The van der Waals surface area contributed by atoms with Crippen molar-refractivity contribution in [3.63, 3.8) is 0 Å². The Morgan fingerprint density at radius 3 is 2.48 bits per heavy atom. The molecular formula is C19H22N2O5S. The molecule has 0 aliphatic carbocycles. The maximum Gasteiger partial charge on any atom is 0.305 e. The van der Waals surface area contributed by atoms with Crippen molar-refractivity contribution in [1.29, 1.82) is 0 Å². The monoisotopic (exact) mass is 390 g/mol. The zero-order valence-corrected chi connectivity index (χ0v) is 16.6. The van der Waals surface area contributed by atoms with Gasteiger partial charge in [-0.05, 0) is 43.5 Å². The zero-order chi connectivity index (χ0) is 19.7. The minimum atomic E-state index is -0.961. The van der Waals surface area contributed by atoms with Gasteiger partial charge in [-0.15, -0.1) is 11.3 Å². The number of hydrogen-bond donors (Lipinski definition) is 1. The highest BCUT2D eigenvalue weighted by Gasteiger charge is 2.35. The van der Waals surface area contributed by atoms with Crippen molar-refractivity contribution in [3.05, 3.63) is 38.8 Å². The van der Waals surface area contributed by atoms with Crippen LogP contribution in [0.4, 0.5) is 0 Å². The van der Waals surface area contributed by atoms with Crippen LogP contribution in [-0.2, 0) is 11.2 Å². The van der Waals surface area contributed by atoms with Crippen LogP contribution in [0, 0.1) is 13.8 Å². The molecule has 0 fully saturated rings. The first kappa shape index (κ1) is 19.2. The highest BCUT2D eigenvalue weighted by molar-refractivity contribution is 7.13. The van der Waals surface area contributed by atoms with E-state index in [0.29, 0.717) is 35.0 Å². The summed E-state index contributed by atoms with van der Waals surface area (Å²) < 4.78 is 10.7. The summed E-state index contributed by atoms with van der Waals surface area (Å²) in [6, 6.07) is 3.08. The second-order valence-corrected chi connectivity index (χ2v) is 7.62. The Balaban J connectivity index is 2.05.